The number of amides is 3. The average molecular weight is 402 g/mol. The Morgan fingerprint density at radius 3 is 2.48 bits per heavy atom. The summed E-state index contributed by atoms with van der Waals surface area (Å²) in [7, 11) is 1.36. The van der Waals surface area contributed by atoms with Crippen molar-refractivity contribution in [2.45, 2.75) is 52.2 Å². The highest BCUT2D eigenvalue weighted by Gasteiger charge is 2.24. The summed E-state index contributed by atoms with van der Waals surface area (Å²) in [6.07, 6.45) is 2.61. The lowest BCUT2D eigenvalue weighted by Crippen LogP contribution is -2.43. The van der Waals surface area contributed by atoms with Crippen LogP contribution in [0, 0.1) is 0 Å². The molecule has 0 saturated carbocycles. The Labute approximate surface area is 168 Å². The zero-order valence-electron chi connectivity index (χ0n) is 16.9. The standard InChI is InChI=1S/C20H26N4O5/c1-4-5-6-9-12-24-18(26)15-11-8-7-10-14(15)16(23-24)19(27)29-13(2)17(25)22-20(28)21-3/h7-8,10-11,13H,4-6,9,12H2,1-3H3,(H2,21,22,25,28). The van der Waals surface area contributed by atoms with Crippen molar-refractivity contribution < 1.29 is 19.1 Å². The van der Waals surface area contributed by atoms with Crippen LogP contribution in [0.15, 0.2) is 29.1 Å². The van der Waals surface area contributed by atoms with Crippen LogP contribution >= 0.6 is 0 Å². The Bertz CT molecular complexity index is 954. The quantitative estimate of drug-likeness (QED) is 0.515. The lowest BCUT2D eigenvalue weighted by Gasteiger charge is -2.14. The summed E-state index contributed by atoms with van der Waals surface area (Å²) >= 11 is 0. The number of rotatable bonds is 8. The molecule has 1 aromatic carbocycles. The molecule has 3 amide bonds. The zero-order chi connectivity index (χ0) is 21.4. The summed E-state index contributed by atoms with van der Waals surface area (Å²) in [5.41, 5.74) is -0.325. The second-order valence-corrected chi connectivity index (χ2v) is 6.60. The molecule has 0 spiro atoms. The Morgan fingerprint density at radius 1 is 1.14 bits per heavy atom. The third-order valence-corrected chi connectivity index (χ3v) is 4.40. The van der Waals surface area contributed by atoms with E-state index in [4.69, 9.17) is 4.74 Å². The summed E-state index contributed by atoms with van der Waals surface area (Å²) in [5, 5.41) is 9.20. The number of benzene rings is 1. The lowest BCUT2D eigenvalue weighted by atomic mass is 10.1. The molecule has 0 fully saturated rings. The van der Waals surface area contributed by atoms with E-state index in [0.29, 0.717) is 17.3 Å². The van der Waals surface area contributed by atoms with Crippen molar-refractivity contribution in [2.24, 2.45) is 0 Å². The predicted molar refractivity (Wildman–Crippen MR) is 108 cm³/mol. The fourth-order valence-corrected chi connectivity index (χ4v) is 2.77. The number of nitrogens with one attached hydrogen (secondary N) is 2. The monoisotopic (exact) mass is 402 g/mol. The second-order valence-electron chi connectivity index (χ2n) is 6.60. The Morgan fingerprint density at radius 2 is 1.83 bits per heavy atom. The van der Waals surface area contributed by atoms with Gasteiger partial charge in [-0.1, -0.05) is 44.4 Å². The molecule has 0 bridgehead atoms. The van der Waals surface area contributed by atoms with Crippen molar-refractivity contribution in [1.82, 2.24) is 20.4 Å². The van der Waals surface area contributed by atoms with E-state index in [1.54, 1.807) is 24.3 Å². The molecule has 0 aliphatic rings. The molecule has 2 rings (SSSR count). The normalized spacial score (nSPS) is 11.7. The third-order valence-electron chi connectivity index (χ3n) is 4.40. The van der Waals surface area contributed by atoms with Crippen molar-refractivity contribution in [1.29, 1.82) is 0 Å². The van der Waals surface area contributed by atoms with E-state index in [9.17, 15) is 19.2 Å². The Hall–Kier alpha value is -3.23. The Balaban J connectivity index is 2.29. The largest absolute Gasteiger partial charge is 0.448 e. The fraction of sp³-hybridized carbons (Fsp3) is 0.450. The molecule has 0 radical (unpaired) electrons. The minimum Gasteiger partial charge on any atom is -0.448 e. The molecular formula is C20H26N4O5. The van der Waals surface area contributed by atoms with Gasteiger partial charge in [0.25, 0.3) is 11.5 Å². The summed E-state index contributed by atoms with van der Waals surface area (Å²) < 4.78 is 6.45. The molecule has 2 N–H and O–H groups in total. The molecule has 156 valence electrons. The number of carbonyl (C=O) groups excluding carboxylic acids is 3. The van der Waals surface area contributed by atoms with Gasteiger partial charge in [-0.25, -0.2) is 14.3 Å². The first-order valence-electron chi connectivity index (χ1n) is 9.62. The van der Waals surface area contributed by atoms with Crippen LogP contribution in [0.4, 0.5) is 4.79 Å². The maximum absolute atomic E-state index is 12.7. The maximum atomic E-state index is 12.7. The number of hydrogen-bond donors (Lipinski definition) is 2. The van der Waals surface area contributed by atoms with Crippen LogP contribution in [-0.4, -0.2) is 40.8 Å². The van der Waals surface area contributed by atoms with Gasteiger partial charge in [0.1, 0.15) is 0 Å². The van der Waals surface area contributed by atoms with Crippen LogP contribution in [0.5, 0.6) is 0 Å². The number of urea groups is 1. The molecule has 1 unspecified atom stereocenters. The van der Waals surface area contributed by atoms with E-state index >= 15 is 0 Å². The molecule has 0 aliphatic carbocycles. The maximum Gasteiger partial charge on any atom is 0.360 e. The molecule has 0 saturated heterocycles. The minimum absolute atomic E-state index is 0.0460. The molecule has 0 aliphatic heterocycles. The van der Waals surface area contributed by atoms with Crippen molar-refractivity contribution in [3.63, 3.8) is 0 Å². The fourth-order valence-electron chi connectivity index (χ4n) is 2.77. The molecule has 29 heavy (non-hydrogen) atoms. The van der Waals surface area contributed by atoms with Gasteiger partial charge in [0.05, 0.1) is 5.39 Å². The van der Waals surface area contributed by atoms with E-state index in [0.717, 1.165) is 25.7 Å². The van der Waals surface area contributed by atoms with Crippen LogP contribution in [0.25, 0.3) is 10.8 Å². The third kappa shape index (κ3) is 5.63. The van der Waals surface area contributed by atoms with Gasteiger partial charge in [0.2, 0.25) is 0 Å². The SMILES string of the molecule is CCCCCCn1nc(C(=O)OC(C)C(=O)NC(=O)NC)c2ccccc2c1=O. The highest BCUT2D eigenvalue weighted by Crippen LogP contribution is 2.15. The highest BCUT2D eigenvalue weighted by atomic mass is 16.5. The van der Waals surface area contributed by atoms with Gasteiger partial charge >= 0.3 is 12.0 Å². The molecule has 2 aromatic rings. The van der Waals surface area contributed by atoms with Crippen LogP contribution < -0.4 is 16.2 Å². The average Bonchev–Trinajstić information content (AvgIpc) is 2.72. The topological polar surface area (TPSA) is 119 Å². The highest BCUT2D eigenvalue weighted by molar-refractivity contribution is 6.03. The predicted octanol–water partition coefficient (Wildman–Crippen LogP) is 1.98. The zero-order valence-corrected chi connectivity index (χ0v) is 16.9. The first kappa shape index (κ1) is 22.1. The van der Waals surface area contributed by atoms with Gasteiger partial charge in [-0.15, -0.1) is 0 Å². The number of carbonyl (C=O) groups is 3. The van der Waals surface area contributed by atoms with Crippen LogP contribution in [-0.2, 0) is 16.1 Å². The number of fused-ring (bicyclic) bond motifs is 1. The molecule has 1 atom stereocenters. The number of nitrogens with zero attached hydrogens (tertiary/aromatic N) is 2. The van der Waals surface area contributed by atoms with Crippen molar-refractivity contribution in [3.8, 4) is 0 Å². The molecule has 9 heteroatoms. The van der Waals surface area contributed by atoms with Gasteiger partial charge < -0.3 is 10.1 Å². The number of hydrogen-bond acceptors (Lipinski definition) is 6. The van der Waals surface area contributed by atoms with Crippen molar-refractivity contribution >= 4 is 28.7 Å². The van der Waals surface area contributed by atoms with E-state index in [2.05, 4.69) is 17.3 Å². The van der Waals surface area contributed by atoms with Gasteiger partial charge in [-0.05, 0) is 19.4 Å². The van der Waals surface area contributed by atoms with Crippen LogP contribution in [0.1, 0.15) is 50.0 Å². The molecule has 1 aromatic heterocycles. The van der Waals surface area contributed by atoms with Gasteiger partial charge in [0.15, 0.2) is 11.8 Å². The van der Waals surface area contributed by atoms with E-state index in [1.807, 2.05) is 5.32 Å². The van der Waals surface area contributed by atoms with E-state index in [-0.39, 0.29) is 11.3 Å². The second kappa shape index (κ2) is 10.4. The molecule has 9 nitrogen and oxygen atoms in total. The number of imide groups is 1. The van der Waals surface area contributed by atoms with Gasteiger partial charge in [-0.3, -0.25) is 14.9 Å². The van der Waals surface area contributed by atoms with Gasteiger partial charge in [-0.2, -0.15) is 5.10 Å². The van der Waals surface area contributed by atoms with Crippen LogP contribution in [0.3, 0.4) is 0 Å². The molecule has 1 heterocycles. The first-order valence-corrected chi connectivity index (χ1v) is 9.62. The van der Waals surface area contributed by atoms with Crippen molar-refractivity contribution in [3.05, 3.63) is 40.3 Å². The summed E-state index contributed by atoms with van der Waals surface area (Å²) in [4.78, 5) is 48.6. The first-order chi connectivity index (χ1) is 13.9. The number of aryl methyl sites for hydroxylation is 1. The summed E-state index contributed by atoms with van der Waals surface area (Å²) in [5.74, 6) is -1.61. The van der Waals surface area contributed by atoms with E-state index < -0.39 is 24.0 Å². The Kier molecular flexibility index (Phi) is 7.88. The number of aromatic nitrogens is 2. The summed E-state index contributed by atoms with van der Waals surface area (Å²) in [6, 6.07) is 5.92. The minimum atomic E-state index is -1.22. The number of ether oxygens (including phenoxy) is 1. The number of esters is 1. The number of unbranched alkanes of at least 4 members (excludes halogenated alkanes) is 3. The summed E-state index contributed by atoms with van der Waals surface area (Å²) in [6.45, 7) is 3.83. The van der Waals surface area contributed by atoms with Crippen molar-refractivity contribution in [2.75, 3.05) is 7.05 Å². The smallest absolute Gasteiger partial charge is 0.360 e. The van der Waals surface area contributed by atoms with E-state index in [1.165, 1.54) is 18.7 Å². The van der Waals surface area contributed by atoms with Crippen LogP contribution in [0.2, 0.25) is 0 Å². The lowest BCUT2D eigenvalue weighted by molar-refractivity contribution is -0.127. The van der Waals surface area contributed by atoms with Gasteiger partial charge in [0, 0.05) is 19.0 Å². The molecular weight excluding hydrogens is 376 g/mol.